The van der Waals surface area contributed by atoms with Crippen molar-refractivity contribution in [2.24, 2.45) is 5.92 Å². The average Bonchev–Trinajstić information content (AvgIpc) is 3.18. The Bertz CT molecular complexity index is 1230. The number of aromatic nitrogens is 1. The molecule has 2 aromatic carbocycles. The van der Waals surface area contributed by atoms with Crippen molar-refractivity contribution in [2.75, 3.05) is 24.4 Å². The molecule has 0 aliphatic carbocycles. The van der Waals surface area contributed by atoms with Crippen LogP contribution in [0, 0.1) is 24.5 Å². The van der Waals surface area contributed by atoms with Gasteiger partial charge in [-0.05, 0) is 43.5 Å². The van der Waals surface area contributed by atoms with E-state index in [9.17, 15) is 17.2 Å². The van der Waals surface area contributed by atoms with Crippen LogP contribution in [-0.2, 0) is 10.0 Å². The summed E-state index contributed by atoms with van der Waals surface area (Å²) in [5, 5.41) is 3.93. The van der Waals surface area contributed by atoms with E-state index >= 15 is 0 Å². The van der Waals surface area contributed by atoms with Crippen LogP contribution in [0.2, 0.25) is 5.02 Å². The van der Waals surface area contributed by atoms with Gasteiger partial charge >= 0.3 is 6.01 Å². The largest absolute Gasteiger partial charge is 0.490 e. The van der Waals surface area contributed by atoms with E-state index in [1.165, 1.54) is 6.20 Å². The van der Waals surface area contributed by atoms with Gasteiger partial charge in [-0.3, -0.25) is 0 Å². The van der Waals surface area contributed by atoms with Gasteiger partial charge in [0, 0.05) is 29.6 Å². The van der Waals surface area contributed by atoms with E-state index in [1.807, 2.05) is 29.0 Å². The summed E-state index contributed by atoms with van der Waals surface area (Å²) in [4.78, 5) is 2.83. The summed E-state index contributed by atoms with van der Waals surface area (Å²) in [6, 6.07) is 8.51. The molecule has 176 valence electrons. The number of hydrogen-bond donors (Lipinski definition) is 2. The van der Waals surface area contributed by atoms with Crippen molar-refractivity contribution in [1.82, 2.24) is 10.3 Å². The Hall–Kier alpha value is -2.69. The molecule has 33 heavy (non-hydrogen) atoms. The fourth-order valence-corrected chi connectivity index (χ4v) is 4.98. The van der Waals surface area contributed by atoms with Crippen LogP contribution in [0.3, 0.4) is 0 Å². The van der Waals surface area contributed by atoms with Gasteiger partial charge in [0.1, 0.15) is 16.5 Å². The fourth-order valence-electron chi connectivity index (χ4n) is 3.84. The minimum atomic E-state index is -4.45. The predicted molar refractivity (Wildman–Crippen MR) is 119 cm³/mol. The number of halogens is 3. The lowest BCUT2D eigenvalue weighted by molar-refractivity contribution is 0.190. The molecule has 2 atom stereocenters. The van der Waals surface area contributed by atoms with Crippen molar-refractivity contribution in [3.8, 4) is 5.75 Å². The summed E-state index contributed by atoms with van der Waals surface area (Å²) in [6.07, 6.45) is 2.15. The van der Waals surface area contributed by atoms with E-state index in [4.69, 9.17) is 20.8 Å². The van der Waals surface area contributed by atoms with Gasteiger partial charge in [0.05, 0.1) is 12.8 Å². The van der Waals surface area contributed by atoms with E-state index in [0.717, 1.165) is 24.6 Å². The molecule has 1 saturated heterocycles. The molecule has 1 aliphatic rings. The lowest BCUT2D eigenvalue weighted by Crippen LogP contribution is -2.38. The Labute approximate surface area is 195 Å². The molecule has 0 amide bonds. The second kappa shape index (κ2) is 9.66. The molecule has 1 aromatic heterocycles. The van der Waals surface area contributed by atoms with Crippen LogP contribution in [-0.4, -0.2) is 33.1 Å². The highest BCUT2D eigenvalue weighted by Gasteiger charge is 2.28. The van der Waals surface area contributed by atoms with Gasteiger partial charge in [0.15, 0.2) is 11.6 Å². The van der Waals surface area contributed by atoms with Crippen LogP contribution in [0.1, 0.15) is 23.7 Å². The highest BCUT2D eigenvalue weighted by Crippen LogP contribution is 2.33. The average molecular weight is 498 g/mol. The van der Waals surface area contributed by atoms with E-state index < -0.39 is 26.6 Å². The van der Waals surface area contributed by atoms with Gasteiger partial charge in [-0.2, -0.15) is 0 Å². The number of ether oxygens (including phenoxy) is 1. The Morgan fingerprint density at radius 1 is 1.24 bits per heavy atom. The minimum absolute atomic E-state index is 0.000675. The zero-order valence-corrected chi connectivity index (χ0v) is 19.2. The molecule has 11 heteroatoms. The molecule has 2 unspecified atom stereocenters. The molecule has 1 aliphatic heterocycles. The van der Waals surface area contributed by atoms with Gasteiger partial charge < -0.3 is 14.5 Å². The second-order valence-corrected chi connectivity index (χ2v) is 9.90. The van der Waals surface area contributed by atoms with Crippen molar-refractivity contribution in [3.63, 3.8) is 0 Å². The van der Waals surface area contributed by atoms with E-state index in [1.54, 1.807) is 6.92 Å². The molecular weight excluding hydrogens is 476 g/mol. The Morgan fingerprint density at radius 2 is 2.00 bits per heavy atom. The van der Waals surface area contributed by atoms with Gasteiger partial charge in [-0.25, -0.2) is 26.9 Å². The van der Waals surface area contributed by atoms with E-state index in [2.05, 4.69) is 10.3 Å². The molecule has 3 aromatic rings. The highest BCUT2D eigenvalue weighted by atomic mass is 35.5. The standard InChI is InChI=1S/C22H22ClF2N3O4S/c1-13-10-27-22(32-13)28-33(29,30)21-9-18(24)20(8-19(21)25)31-12-15-11-26-7-6-17(15)14-2-4-16(23)5-3-14/h2-5,8-10,15,17,26H,6-7,11-12H2,1H3,(H,27,28). The van der Waals surface area contributed by atoms with Crippen molar-refractivity contribution >= 4 is 27.6 Å². The lowest BCUT2D eigenvalue weighted by Gasteiger charge is -2.32. The molecular formula is C22H22ClF2N3O4S. The minimum Gasteiger partial charge on any atom is -0.490 e. The van der Waals surface area contributed by atoms with E-state index in [0.29, 0.717) is 23.4 Å². The SMILES string of the molecule is Cc1cnc(NS(=O)(=O)c2cc(F)c(OCC3CNCCC3c3ccc(Cl)cc3)cc2F)o1. The first-order valence-corrected chi connectivity index (χ1v) is 12.1. The van der Waals surface area contributed by atoms with Gasteiger partial charge in [-0.1, -0.05) is 23.7 Å². The molecule has 0 spiro atoms. The maximum atomic E-state index is 14.7. The normalized spacial score (nSPS) is 18.8. The number of nitrogens with one attached hydrogen (secondary N) is 2. The van der Waals surface area contributed by atoms with Crippen LogP contribution in [0.4, 0.5) is 14.8 Å². The Morgan fingerprint density at radius 3 is 2.70 bits per heavy atom. The van der Waals surface area contributed by atoms with Crippen LogP contribution in [0.25, 0.3) is 0 Å². The summed E-state index contributed by atoms with van der Waals surface area (Å²) in [6.45, 7) is 3.16. The lowest BCUT2D eigenvalue weighted by atomic mass is 9.81. The van der Waals surface area contributed by atoms with Gasteiger partial charge in [-0.15, -0.1) is 0 Å². The number of aryl methyl sites for hydroxylation is 1. The predicted octanol–water partition coefficient (Wildman–Crippen LogP) is 4.49. The second-order valence-electron chi connectivity index (χ2n) is 7.82. The third-order valence-electron chi connectivity index (χ3n) is 5.48. The smallest absolute Gasteiger partial charge is 0.309 e. The summed E-state index contributed by atoms with van der Waals surface area (Å²) >= 11 is 5.98. The van der Waals surface area contributed by atoms with Crippen molar-refractivity contribution in [1.29, 1.82) is 0 Å². The molecule has 0 radical (unpaired) electrons. The highest BCUT2D eigenvalue weighted by molar-refractivity contribution is 7.92. The monoisotopic (exact) mass is 497 g/mol. The molecule has 2 heterocycles. The molecule has 0 bridgehead atoms. The number of nitrogens with zero attached hydrogens (tertiary/aromatic N) is 1. The molecule has 0 saturated carbocycles. The maximum absolute atomic E-state index is 14.7. The van der Waals surface area contributed by atoms with Crippen LogP contribution in [0.15, 0.2) is 51.9 Å². The van der Waals surface area contributed by atoms with Crippen molar-refractivity contribution in [2.45, 2.75) is 24.2 Å². The van der Waals surface area contributed by atoms with Crippen molar-refractivity contribution < 1.29 is 26.4 Å². The molecule has 2 N–H and O–H groups in total. The first kappa shape index (κ1) is 23.5. The third kappa shape index (κ3) is 5.45. The number of benzene rings is 2. The van der Waals surface area contributed by atoms with Gasteiger partial charge in [0.25, 0.3) is 10.0 Å². The summed E-state index contributed by atoms with van der Waals surface area (Å²) in [5.74, 6) is -1.99. The topological polar surface area (TPSA) is 93.5 Å². The first-order chi connectivity index (χ1) is 15.7. The number of anilines is 1. The zero-order chi connectivity index (χ0) is 23.6. The molecule has 4 rings (SSSR count). The fraction of sp³-hybridized carbons (Fsp3) is 0.318. The number of piperidine rings is 1. The summed E-state index contributed by atoms with van der Waals surface area (Å²) in [5.41, 5.74) is 1.09. The van der Waals surface area contributed by atoms with Crippen LogP contribution < -0.4 is 14.8 Å². The Balaban J connectivity index is 1.49. The summed E-state index contributed by atoms with van der Waals surface area (Å²) < 4.78 is 66.8. The molecule has 7 nitrogen and oxygen atoms in total. The number of sulfonamides is 1. The van der Waals surface area contributed by atoms with E-state index in [-0.39, 0.29) is 30.2 Å². The zero-order valence-electron chi connectivity index (χ0n) is 17.6. The molecule has 1 fully saturated rings. The number of oxazole rings is 1. The van der Waals surface area contributed by atoms with Crippen molar-refractivity contribution in [3.05, 3.63) is 70.6 Å². The van der Waals surface area contributed by atoms with Crippen LogP contribution >= 0.6 is 11.6 Å². The first-order valence-electron chi connectivity index (χ1n) is 10.3. The quantitative estimate of drug-likeness (QED) is 0.499. The third-order valence-corrected chi connectivity index (χ3v) is 7.06. The van der Waals surface area contributed by atoms with Crippen LogP contribution in [0.5, 0.6) is 5.75 Å². The number of hydrogen-bond acceptors (Lipinski definition) is 6. The maximum Gasteiger partial charge on any atom is 0.309 e. The van der Waals surface area contributed by atoms with Gasteiger partial charge in [0.2, 0.25) is 0 Å². The Kier molecular flexibility index (Phi) is 6.87. The summed E-state index contributed by atoms with van der Waals surface area (Å²) in [7, 11) is -4.45. The number of rotatable bonds is 7.